The Labute approximate surface area is 235 Å². The summed E-state index contributed by atoms with van der Waals surface area (Å²) >= 11 is 0. The summed E-state index contributed by atoms with van der Waals surface area (Å²) in [6.45, 7) is 5.90. The minimum absolute atomic E-state index is 0.107. The van der Waals surface area contributed by atoms with Crippen molar-refractivity contribution in [1.29, 1.82) is 0 Å². The first-order valence-corrected chi connectivity index (χ1v) is 13.9. The average Bonchev–Trinajstić information content (AvgIpc) is 3.60. The van der Waals surface area contributed by atoms with Gasteiger partial charge in [-0.1, -0.05) is 6.92 Å². The Bertz CT molecular complexity index is 1690. The van der Waals surface area contributed by atoms with E-state index in [1.807, 2.05) is 13.8 Å². The zero-order valence-corrected chi connectivity index (χ0v) is 23.1. The highest BCUT2D eigenvalue weighted by Gasteiger charge is 2.22. The van der Waals surface area contributed by atoms with Gasteiger partial charge in [-0.25, -0.2) is 19.2 Å². The van der Waals surface area contributed by atoms with E-state index >= 15 is 0 Å². The minimum Gasteiger partial charge on any atom is -0.343 e. The third-order valence-electron chi connectivity index (χ3n) is 7.24. The molecule has 2 amide bonds. The fourth-order valence-electron chi connectivity index (χ4n) is 5.13. The molecule has 0 radical (unpaired) electrons. The number of halogens is 1. The number of hydrogen-bond acceptors (Lipinski definition) is 6. The first-order valence-electron chi connectivity index (χ1n) is 13.9. The van der Waals surface area contributed by atoms with Crippen molar-refractivity contribution in [2.24, 2.45) is 0 Å². The molecule has 1 saturated heterocycles. The second-order valence-electron chi connectivity index (χ2n) is 9.97. The zero-order chi connectivity index (χ0) is 29.1. The molecule has 1 fully saturated rings. The van der Waals surface area contributed by atoms with Gasteiger partial charge in [0.15, 0.2) is 5.65 Å². The summed E-state index contributed by atoms with van der Waals surface area (Å²) in [5, 5.41) is 0. The Balaban J connectivity index is 1.43. The topological polar surface area (TPSA) is 126 Å². The van der Waals surface area contributed by atoms with Gasteiger partial charge in [0.1, 0.15) is 23.0 Å². The monoisotopic (exact) mass is 561 g/mol. The van der Waals surface area contributed by atoms with Crippen molar-refractivity contribution in [1.82, 2.24) is 29.0 Å². The van der Waals surface area contributed by atoms with Crippen molar-refractivity contribution in [3.05, 3.63) is 74.8 Å². The second-order valence-corrected chi connectivity index (χ2v) is 9.97. The molecule has 1 aliphatic rings. The standard InChI is InChI=1S/C29H32FN7O4/c1-3-14-36-26-24(28(40)37(29(36)41)17-6-16-34-15-5-7-23(34)38)32-25(33-26)20-10-13-22(31-18-20)35(4-2)27(39)19-8-11-21(30)12-9-19/h8-13,18H,3-7,14-17H2,1-2H3,(H,32,33). The van der Waals surface area contributed by atoms with Crippen LogP contribution < -0.4 is 16.1 Å². The van der Waals surface area contributed by atoms with Gasteiger partial charge in [-0.3, -0.25) is 28.4 Å². The molecule has 1 aliphatic heterocycles. The lowest BCUT2D eigenvalue weighted by atomic mass is 10.2. The van der Waals surface area contributed by atoms with Gasteiger partial charge in [0.05, 0.1) is 0 Å². The number of rotatable bonds is 10. The Hall–Kier alpha value is -4.61. The van der Waals surface area contributed by atoms with Crippen molar-refractivity contribution in [3.63, 3.8) is 0 Å². The van der Waals surface area contributed by atoms with Crippen LogP contribution in [-0.2, 0) is 17.9 Å². The fourth-order valence-corrected chi connectivity index (χ4v) is 5.13. The molecule has 3 aromatic heterocycles. The number of benzene rings is 1. The van der Waals surface area contributed by atoms with Gasteiger partial charge in [0, 0.05) is 56.5 Å². The molecule has 5 rings (SSSR count). The van der Waals surface area contributed by atoms with Crippen LogP contribution in [0.15, 0.2) is 52.2 Å². The van der Waals surface area contributed by atoms with Crippen LogP contribution in [0.25, 0.3) is 22.6 Å². The van der Waals surface area contributed by atoms with Gasteiger partial charge in [0.25, 0.3) is 11.5 Å². The number of nitrogens with one attached hydrogen (secondary N) is 1. The van der Waals surface area contributed by atoms with E-state index in [0.29, 0.717) is 68.2 Å². The zero-order valence-electron chi connectivity index (χ0n) is 23.1. The first kappa shape index (κ1) is 27.9. The quantitative estimate of drug-likeness (QED) is 0.317. The molecule has 4 aromatic rings. The van der Waals surface area contributed by atoms with E-state index in [1.165, 1.54) is 38.3 Å². The smallest absolute Gasteiger partial charge is 0.332 e. The van der Waals surface area contributed by atoms with Crippen LogP contribution in [0.1, 0.15) is 49.9 Å². The lowest BCUT2D eigenvalue weighted by molar-refractivity contribution is -0.127. The van der Waals surface area contributed by atoms with Crippen LogP contribution in [0.5, 0.6) is 0 Å². The highest BCUT2D eigenvalue weighted by Crippen LogP contribution is 2.22. The Morgan fingerprint density at radius 2 is 1.80 bits per heavy atom. The predicted octanol–water partition coefficient (Wildman–Crippen LogP) is 3.18. The first-order chi connectivity index (χ1) is 19.8. The van der Waals surface area contributed by atoms with E-state index in [-0.39, 0.29) is 29.5 Å². The van der Waals surface area contributed by atoms with Crippen molar-refractivity contribution < 1.29 is 14.0 Å². The van der Waals surface area contributed by atoms with E-state index in [9.17, 15) is 23.6 Å². The SMILES string of the molecule is CCCn1c(=O)n(CCCN2CCCC2=O)c(=O)c2[nH]c(-c3ccc(N(CC)C(=O)c4ccc(F)cc4)nc3)nc21. The molecule has 0 spiro atoms. The predicted molar refractivity (Wildman–Crippen MR) is 152 cm³/mol. The molecule has 214 valence electrons. The van der Waals surface area contributed by atoms with Crippen LogP contribution >= 0.6 is 0 Å². The van der Waals surface area contributed by atoms with Crippen molar-refractivity contribution >= 4 is 28.8 Å². The third kappa shape index (κ3) is 5.54. The molecule has 0 bridgehead atoms. The summed E-state index contributed by atoms with van der Waals surface area (Å²) in [5.74, 6) is 0.148. The van der Waals surface area contributed by atoms with Crippen molar-refractivity contribution in [2.45, 2.75) is 52.6 Å². The number of pyridine rings is 1. The highest BCUT2D eigenvalue weighted by atomic mass is 19.1. The number of anilines is 1. The Kier molecular flexibility index (Phi) is 8.09. The normalized spacial score (nSPS) is 13.3. The largest absolute Gasteiger partial charge is 0.343 e. The van der Waals surface area contributed by atoms with E-state index in [0.717, 1.165) is 6.42 Å². The number of aromatic amines is 1. The number of H-pyrrole nitrogens is 1. The maximum absolute atomic E-state index is 13.4. The lowest BCUT2D eigenvalue weighted by Gasteiger charge is -2.20. The number of aryl methyl sites for hydroxylation is 1. The number of hydrogen-bond donors (Lipinski definition) is 1. The number of carbonyl (C=O) groups excluding carboxylic acids is 2. The molecule has 0 atom stereocenters. The highest BCUT2D eigenvalue weighted by molar-refractivity contribution is 6.05. The van der Waals surface area contributed by atoms with Gasteiger partial charge >= 0.3 is 5.69 Å². The molecule has 4 heterocycles. The average molecular weight is 562 g/mol. The van der Waals surface area contributed by atoms with Crippen LogP contribution in [-0.4, -0.2) is 60.4 Å². The fraction of sp³-hybridized carbons (Fsp3) is 0.379. The maximum Gasteiger partial charge on any atom is 0.332 e. The molecule has 11 nitrogen and oxygen atoms in total. The maximum atomic E-state index is 13.4. The van der Waals surface area contributed by atoms with Gasteiger partial charge < -0.3 is 9.88 Å². The van der Waals surface area contributed by atoms with Crippen molar-refractivity contribution in [2.75, 3.05) is 24.5 Å². The summed E-state index contributed by atoms with van der Waals surface area (Å²) in [4.78, 5) is 66.9. The molecular formula is C29H32FN7O4. The van der Waals surface area contributed by atoms with Gasteiger partial charge in [-0.2, -0.15) is 0 Å². The number of imidazole rings is 1. The summed E-state index contributed by atoms with van der Waals surface area (Å²) < 4.78 is 16.0. The van der Waals surface area contributed by atoms with Crippen LogP contribution in [0, 0.1) is 5.82 Å². The molecule has 1 N–H and O–H groups in total. The Morgan fingerprint density at radius 3 is 2.44 bits per heavy atom. The van der Waals surface area contributed by atoms with Gasteiger partial charge in [-0.15, -0.1) is 0 Å². The molecule has 0 saturated carbocycles. The number of fused-ring (bicyclic) bond motifs is 1. The van der Waals surface area contributed by atoms with Gasteiger partial charge in [-0.05, 0) is 62.6 Å². The molecule has 0 aliphatic carbocycles. The number of amides is 2. The van der Waals surface area contributed by atoms with E-state index < -0.39 is 17.1 Å². The summed E-state index contributed by atoms with van der Waals surface area (Å²) in [7, 11) is 0. The molecule has 41 heavy (non-hydrogen) atoms. The third-order valence-corrected chi connectivity index (χ3v) is 7.24. The summed E-state index contributed by atoms with van der Waals surface area (Å²) in [6, 6.07) is 8.73. The van der Waals surface area contributed by atoms with E-state index in [2.05, 4.69) is 15.0 Å². The van der Waals surface area contributed by atoms with Crippen LogP contribution in [0.3, 0.4) is 0 Å². The van der Waals surface area contributed by atoms with Gasteiger partial charge in [0.2, 0.25) is 5.91 Å². The number of nitrogens with zero attached hydrogens (tertiary/aromatic N) is 6. The van der Waals surface area contributed by atoms with Crippen LogP contribution in [0.4, 0.5) is 10.2 Å². The summed E-state index contributed by atoms with van der Waals surface area (Å²) in [6.07, 6.45) is 4.09. The summed E-state index contributed by atoms with van der Waals surface area (Å²) in [5.41, 5.74) is 0.513. The van der Waals surface area contributed by atoms with Crippen molar-refractivity contribution in [3.8, 4) is 11.4 Å². The minimum atomic E-state index is -0.463. The second kappa shape index (κ2) is 11.9. The molecular weight excluding hydrogens is 529 g/mol. The number of carbonyl (C=O) groups is 2. The number of aromatic nitrogens is 5. The van der Waals surface area contributed by atoms with E-state index in [4.69, 9.17) is 0 Å². The lowest BCUT2D eigenvalue weighted by Crippen LogP contribution is -2.41. The van der Waals surface area contributed by atoms with Crippen LogP contribution in [0.2, 0.25) is 0 Å². The Morgan fingerprint density at radius 1 is 1.02 bits per heavy atom. The molecule has 12 heteroatoms. The molecule has 1 aromatic carbocycles. The van der Waals surface area contributed by atoms with E-state index in [1.54, 1.807) is 23.2 Å². The molecule has 0 unspecified atom stereocenters. The number of likely N-dealkylation sites (tertiary alicyclic amines) is 1.